The fourth-order valence-corrected chi connectivity index (χ4v) is 5.57. The number of hydrogen-bond acceptors (Lipinski definition) is 6. The van der Waals surface area contributed by atoms with Crippen molar-refractivity contribution in [3.8, 4) is 5.75 Å². The lowest BCUT2D eigenvalue weighted by atomic mass is 9.80. The molecule has 1 aliphatic carbocycles. The van der Waals surface area contributed by atoms with E-state index < -0.39 is 0 Å². The number of ether oxygens (including phenoxy) is 1. The van der Waals surface area contributed by atoms with Crippen molar-refractivity contribution in [1.29, 1.82) is 0 Å². The molecule has 2 aromatic heterocycles. The quantitative estimate of drug-likeness (QED) is 0.639. The van der Waals surface area contributed by atoms with Gasteiger partial charge in [-0.1, -0.05) is 17.4 Å². The molecule has 2 aliphatic rings. The van der Waals surface area contributed by atoms with E-state index in [9.17, 15) is 4.79 Å². The molecule has 1 unspecified atom stereocenters. The smallest absolute Gasteiger partial charge is 0.223 e. The number of amides is 1. The lowest BCUT2D eigenvalue weighted by Gasteiger charge is -2.35. The predicted molar refractivity (Wildman–Crippen MR) is 119 cm³/mol. The number of carbonyl (C=O) groups is 1. The van der Waals surface area contributed by atoms with Crippen molar-refractivity contribution in [2.75, 3.05) is 38.2 Å². The molecule has 1 atom stereocenters. The van der Waals surface area contributed by atoms with Gasteiger partial charge in [0.25, 0.3) is 0 Å². The van der Waals surface area contributed by atoms with Crippen LogP contribution in [0, 0.1) is 0 Å². The summed E-state index contributed by atoms with van der Waals surface area (Å²) in [4.78, 5) is 27.4. The van der Waals surface area contributed by atoms with Crippen molar-refractivity contribution in [2.45, 2.75) is 31.6 Å². The van der Waals surface area contributed by atoms with Gasteiger partial charge in [-0.25, -0.2) is 9.97 Å². The largest absolute Gasteiger partial charge is 0.497 e. The van der Waals surface area contributed by atoms with Crippen LogP contribution in [0.3, 0.4) is 0 Å². The van der Waals surface area contributed by atoms with Gasteiger partial charge in [-0.15, -0.1) is 0 Å². The monoisotopic (exact) mass is 422 g/mol. The molecular weight excluding hydrogens is 396 g/mol. The first-order valence-electron chi connectivity index (χ1n) is 10.6. The summed E-state index contributed by atoms with van der Waals surface area (Å²) in [7, 11) is 1.70. The van der Waals surface area contributed by atoms with Gasteiger partial charge in [0.1, 0.15) is 16.1 Å². The number of aryl methyl sites for hydroxylation is 1. The number of benzene rings is 1. The first-order chi connectivity index (χ1) is 14.7. The number of anilines is 1. The second-order valence-corrected chi connectivity index (χ2v) is 9.01. The minimum atomic E-state index is 0.272. The highest BCUT2D eigenvalue weighted by molar-refractivity contribution is 7.21. The number of rotatable bonds is 4. The number of aromatic nitrogens is 2. The Hall–Kier alpha value is -2.67. The van der Waals surface area contributed by atoms with Gasteiger partial charge in [-0.05, 0) is 60.6 Å². The van der Waals surface area contributed by atoms with Crippen molar-refractivity contribution in [3.05, 3.63) is 47.7 Å². The Morgan fingerprint density at radius 2 is 2.10 bits per heavy atom. The average molecular weight is 423 g/mol. The third-order valence-electron chi connectivity index (χ3n) is 6.27. The molecule has 1 amide bonds. The van der Waals surface area contributed by atoms with Crippen LogP contribution in [0.5, 0.6) is 5.75 Å². The number of carbonyl (C=O) groups excluding carboxylic acids is 1. The van der Waals surface area contributed by atoms with Gasteiger partial charge in [0.05, 0.1) is 7.11 Å². The molecule has 0 N–H and O–H groups in total. The van der Waals surface area contributed by atoms with Crippen LogP contribution in [0.15, 0.2) is 36.5 Å². The average Bonchev–Trinajstić information content (AvgIpc) is 3.23. The summed E-state index contributed by atoms with van der Waals surface area (Å²) in [6.07, 6.45) is 5.71. The van der Waals surface area contributed by atoms with Crippen LogP contribution in [0.4, 0.5) is 5.13 Å². The second kappa shape index (κ2) is 8.22. The number of piperazine rings is 1. The number of pyridine rings is 1. The fourth-order valence-electron chi connectivity index (χ4n) is 4.61. The van der Waals surface area contributed by atoms with E-state index in [0.717, 1.165) is 66.7 Å². The highest BCUT2D eigenvalue weighted by atomic mass is 32.1. The third kappa shape index (κ3) is 3.74. The molecule has 6 nitrogen and oxygen atoms in total. The summed E-state index contributed by atoms with van der Waals surface area (Å²) in [6, 6.07) is 10.2. The molecule has 1 aliphatic heterocycles. The summed E-state index contributed by atoms with van der Waals surface area (Å²) in [6.45, 7) is 3.16. The van der Waals surface area contributed by atoms with Gasteiger partial charge in [0, 0.05) is 38.8 Å². The molecule has 7 heteroatoms. The molecule has 3 heterocycles. The van der Waals surface area contributed by atoms with Crippen molar-refractivity contribution >= 4 is 32.7 Å². The van der Waals surface area contributed by atoms with Crippen molar-refractivity contribution < 1.29 is 9.53 Å². The zero-order valence-electron chi connectivity index (χ0n) is 17.2. The van der Waals surface area contributed by atoms with Crippen LogP contribution in [0.1, 0.15) is 36.3 Å². The Balaban J connectivity index is 1.21. The van der Waals surface area contributed by atoms with Crippen LogP contribution in [-0.4, -0.2) is 54.1 Å². The molecule has 5 rings (SSSR count). The van der Waals surface area contributed by atoms with Crippen LogP contribution in [0.25, 0.3) is 10.3 Å². The Morgan fingerprint density at radius 3 is 2.90 bits per heavy atom. The van der Waals surface area contributed by atoms with Crippen molar-refractivity contribution in [2.24, 2.45) is 0 Å². The molecule has 0 radical (unpaired) electrons. The standard InChI is InChI=1S/C23H26N4O2S/c1-29-18-7-8-19-16(14-18)4-2-5-17(19)15-21(28)26-10-12-27(13-11-26)23-25-20-6-3-9-24-22(20)30-23/h3,6-9,14,17H,2,4-5,10-13,15H2,1H3. The van der Waals surface area contributed by atoms with Gasteiger partial charge in [0.2, 0.25) is 5.91 Å². The van der Waals surface area contributed by atoms with Gasteiger partial charge >= 0.3 is 0 Å². The van der Waals surface area contributed by atoms with Crippen LogP contribution in [-0.2, 0) is 11.2 Å². The summed E-state index contributed by atoms with van der Waals surface area (Å²) in [5.41, 5.74) is 3.62. The number of fused-ring (bicyclic) bond motifs is 2. The number of methoxy groups -OCH3 is 1. The molecule has 0 spiro atoms. The van der Waals surface area contributed by atoms with Crippen LogP contribution >= 0.6 is 11.3 Å². The Bertz CT molecular complexity index is 1030. The van der Waals surface area contributed by atoms with Crippen LogP contribution in [0.2, 0.25) is 0 Å². The van der Waals surface area contributed by atoms with E-state index >= 15 is 0 Å². The van der Waals surface area contributed by atoms with Gasteiger partial charge in [-0.2, -0.15) is 0 Å². The number of hydrogen-bond donors (Lipinski definition) is 0. The molecule has 0 bridgehead atoms. The van der Waals surface area contributed by atoms with E-state index in [1.54, 1.807) is 24.6 Å². The van der Waals surface area contributed by atoms with E-state index in [1.165, 1.54) is 11.1 Å². The third-order valence-corrected chi connectivity index (χ3v) is 7.31. The fraction of sp³-hybridized carbons (Fsp3) is 0.435. The zero-order valence-corrected chi connectivity index (χ0v) is 18.0. The van der Waals surface area contributed by atoms with E-state index in [0.29, 0.717) is 12.3 Å². The van der Waals surface area contributed by atoms with Gasteiger partial charge < -0.3 is 14.5 Å². The summed E-state index contributed by atoms with van der Waals surface area (Å²) < 4.78 is 5.37. The minimum Gasteiger partial charge on any atom is -0.497 e. The maximum atomic E-state index is 13.0. The second-order valence-electron chi connectivity index (χ2n) is 8.05. The summed E-state index contributed by atoms with van der Waals surface area (Å²) >= 11 is 1.63. The Labute approximate surface area is 180 Å². The molecule has 1 saturated heterocycles. The first-order valence-corrected chi connectivity index (χ1v) is 11.4. The lowest BCUT2D eigenvalue weighted by molar-refractivity contribution is -0.132. The summed E-state index contributed by atoms with van der Waals surface area (Å²) in [5, 5.41) is 1.01. The van der Waals surface area contributed by atoms with Gasteiger partial charge in [-0.3, -0.25) is 4.79 Å². The minimum absolute atomic E-state index is 0.272. The molecule has 0 saturated carbocycles. The highest BCUT2D eigenvalue weighted by Gasteiger charge is 2.28. The lowest BCUT2D eigenvalue weighted by Crippen LogP contribution is -2.49. The van der Waals surface area contributed by atoms with E-state index in [1.807, 2.05) is 23.1 Å². The molecule has 30 heavy (non-hydrogen) atoms. The molecule has 156 valence electrons. The highest BCUT2D eigenvalue weighted by Crippen LogP contribution is 2.36. The topological polar surface area (TPSA) is 58.6 Å². The first kappa shape index (κ1) is 19.3. The van der Waals surface area contributed by atoms with E-state index in [-0.39, 0.29) is 5.91 Å². The molecule has 1 fully saturated rings. The Kier molecular flexibility index (Phi) is 5.29. The number of thiazole rings is 1. The SMILES string of the molecule is COc1ccc2c(c1)CCCC2CC(=O)N1CCN(c2nc3cccnc3s2)CC1. The predicted octanol–water partition coefficient (Wildman–Crippen LogP) is 3.86. The van der Waals surface area contributed by atoms with E-state index in [4.69, 9.17) is 9.72 Å². The van der Waals surface area contributed by atoms with E-state index in [2.05, 4.69) is 22.0 Å². The maximum absolute atomic E-state index is 13.0. The molecule has 3 aromatic rings. The van der Waals surface area contributed by atoms with Gasteiger partial charge in [0.15, 0.2) is 5.13 Å². The maximum Gasteiger partial charge on any atom is 0.223 e. The molecule has 1 aromatic carbocycles. The summed E-state index contributed by atoms with van der Waals surface area (Å²) in [5.74, 6) is 1.50. The number of nitrogens with zero attached hydrogens (tertiary/aromatic N) is 4. The normalized spacial score (nSPS) is 19.0. The Morgan fingerprint density at radius 1 is 1.23 bits per heavy atom. The van der Waals surface area contributed by atoms with Crippen molar-refractivity contribution in [3.63, 3.8) is 0 Å². The van der Waals surface area contributed by atoms with Crippen LogP contribution < -0.4 is 9.64 Å². The van der Waals surface area contributed by atoms with Crippen molar-refractivity contribution in [1.82, 2.24) is 14.9 Å². The zero-order chi connectivity index (χ0) is 20.5. The molecular formula is C23H26N4O2S.